The maximum Gasteiger partial charge on any atom is 0.254 e. The van der Waals surface area contributed by atoms with Crippen LogP contribution in [-0.2, 0) is 13.2 Å². The molecule has 0 aliphatic carbocycles. The largest absolute Gasteiger partial charge is 0.471 e. The molecule has 0 unspecified atom stereocenters. The van der Waals surface area contributed by atoms with Gasteiger partial charge in [-0.2, -0.15) is 5.10 Å². The minimum absolute atomic E-state index is 0.481. The lowest BCUT2D eigenvalue weighted by Gasteiger charge is -2.00. The minimum Gasteiger partial charge on any atom is -0.471 e. The number of benzene rings is 1. The molecule has 1 aromatic carbocycles. The normalized spacial score (nSPS) is 10.5. The van der Waals surface area contributed by atoms with E-state index in [0.717, 1.165) is 5.56 Å². The van der Waals surface area contributed by atoms with E-state index in [4.69, 9.17) is 9.26 Å². The molecule has 19 heavy (non-hydrogen) atoms. The number of aromatic nitrogens is 3. The summed E-state index contributed by atoms with van der Waals surface area (Å²) in [5.41, 5.74) is 1.10. The predicted octanol–water partition coefficient (Wildman–Crippen LogP) is 2.50. The fourth-order valence-corrected chi connectivity index (χ4v) is 1.72. The number of hydrogen-bond acceptors (Lipinski definition) is 4. The highest BCUT2D eigenvalue weighted by atomic mass is 16.5. The van der Waals surface area contributed by atoms with E-state index >= 15 is 0 Å². The molecule has 0 aliphatic rings. The molecule has 5 heteroatoms. The van der Waals surface area contributed by atoms with E-state index < -0.39 is 0 Å². The second-order valence-corrected chi connectivity index (χ2v) is 4.11. The Morgan fingerprint density at radius 2 is 2.05 bits per heavy atom. The lowest BCUT2D eigenvalue weighted by molar-refractivity contribution is 0.265. The van der Waals surface area contributed by atoms with E-state index in [-0.39, 0.29) is 0 Å². The first-order valence-electron chi connectivity index (χ1n) is 6.00. The summed E-state index contributed by atoms with van der Waals surface area (Å²) in [6, 6.07) is 13.6. The van der Waals surface area contributed by atoms with Crippen molar-refractivity contribution in [2.75, 3.05) is 0 Å². The van der Waals surface area contributed by atoms with Crippen LogP contribution in [0.25, 0.3) is 0 Å². The first-order chi connectivity index (χ1) is 9.40. The molecular weight excluding hydrogens is 242 g/mol. The summed E-state index contributed by atoms with van der Waals surface area (Å²) < 4.78 is 12.5. The van der Waals surface area contributed by atoms with Gasteiger partial charge in [0.1, 0.15) is 13.2 Å². The molecule has 0 bridgehead atoms. The molecule has 2 aromatic heterocycles. The van der Waals surface area contributed by atoms with Crippen LogP contribution in [0.15, 0.2) is 59.4 Å². The standard InChI is InChI=1S/C14H13N3O2/c1-2-5-12(6-3-1)11-18-14-9-13(19-16-14)10-17-8-4-7-15-17/h1-9H,10-11H2. The maximum atomic E-state index is 5.56. The Balaban J connectivity index is 1.59. The number of rotatable bonds is 5. The van der Waals surface area contributed by atoms with Gasteiger partial charge < -0.3 is 9.26 Å². The maximum absolute atomic E-state index is 5.56. The van der Waals surface area contributed by atoms with Gasteiger partial charge in [-0.3, -0.25) is 4.68 Å². The van der Waals surface area contributed by atoms with Gasteiger partial charge in [-0.25, -0.2) is 0 Å². The SMILES string of the molecule is c1ccc(COc2cc(Cn3cccn3)on2)cc1. The average molecular weight is 255 g/mol. The summed E-state index contributed by atoms with van der Waals surface area (Å²) in [6.07, 6.45) is 3.59. The summed E-state index contributed by atoms with van der Waals surface area (Å²) >= 11 is 0. The van der Waals surface area contributed by atoms with Crippen LogP contribution >= 0.6 is 0 Å². The Hall–Kier alpha value is -2.56. The monoisotopic (exact) mass is 255 g/mol. The van der Waals surface area contributed by atoms with E-state index in [9.17, 15) is 0 Å². The highest BCUT2D eigenvalue weighted by Gasteiger charge is 2.06. The quantitative estimate of drug-likeness (QED) is 0.703. The van der Waals surface area contributed by atoms with E-state index in [1.807, 2.05) is 42.6 Å². The number of nitrogens with zero attached hydrogens (tertiary/aromatic N) is 3. The van der Waals surface area contributed by atoms with Crippen molar-refractivity contribution in [3.8, 4) is 5.88 Å². The van der Waals surface area contributed by atoms with Crippen LogP contribution < -0.4 is 4.74 Å². The number of hydrogen-bond donors (Lipinski definition) is 0. The zero-order valence-electron chi connectivity index (χ0n) is 10.3. The third-order valence-electron chi connectivity index (χ3n) is 2.64. The number of ether oxygens (including phenoxy) is 1. The van der Waals surface area contributed by atoms with Crippen LogP contribution in [-0.4, -0.2) is 14.9 Å². The Morgan fingerprint density at radius 3 is 2.84 bits per heavy atom. The van der Waals surface area contributed by atoms with Gasteiger partial charge in [0.15, 0.2) is 5.76 Å². The highest BCUT2D eigenvalue weighted by Crippen LogP contribution is 2.14. The van der Waals surface area contributed by atoms with Crippen LogP contribution in [0.5, 0.6) is 5.88 Å². The Morgan fingerprint density at radius 1 is 1.16 bits per heavy atom. The summed E-state index contributed by atoms with van der Waals surface area (Å²) in [6.45, 7) is 1.03. The van der Waals surface area contributed by atoms with Gasteiger partial charge in [-0.15, -0.1) is 0 Å². The summed E-state index contributed by atoms with van der Waals surface area (Å²) in [7, 11) is 0. The van der Waals surface area contributed by atoms with Crippen LogP contribution in [0.1, 0.15) is 11.3 Å². The van der Waals surface area contributed by atoms with Gasteiger partial charge in [0.05, 0.1) is 0 Å². The Labute approximate surface area is 110 Å². The van der Waals surface area contributed by atoms with Crippen molar-refractivity contribution in [1.29, 1.82) is 0 Å². The lowest BCUT2D eigenvalue weighted by atomic mass is 10.2. The van der Waals surface area contributed by atoms with Gasteiger partial charge in [-0.1, -0.05) is 30.3 Å². The van der Waals surface area contributed by atoms with Gasteiger partial charge in [-0.05, 0) is 16.8 Å². The molecule has 2 heterocycles. The fraction of sp³-hybridized carbons (Fsp3) is 0.143. The van der Waals surface area contributed by atoms with Crippen LogP contribution in [0, 0.1) is 0 Å². The smallest absolute Gasteiger partial charge is 0.254 e. The zero-order chi connectivity index (χ0) is 12.9. The molecule has 96 valence electrons. The Bertz CT molecular complexity index is 617. The fourth-order valence-electron chi connectivity index (χ4n) is 1.72. The van der Waals surface area contributed by atoms with E-state index in [2.05, 4.69) is 10.3 Å². The van der Waals surface area contributed by atoms with Crippen LogP contribution in [0.2, 0.25) is 0 Å². The molecule has 0 spiro atoms. The van der Waals surface area contributed by atoms with Crippen LogP contribution in [0.4, 0.5) is 0 Å². The molecule has 0 saturated carbocycles. The summed E-state index contributed by atoms with van der Waals surface area (Å²) in [4.78, 5) is 0. The third kappa shape index (κ3) is 3.01. The van der Waals surface area contributed by atoms with Crippen molar-refractivity contribution < 1.29 is 9.26 Å². The van der Waals surface area contributed by atoms with Crippen molar-refractivity contribution in [2.24, 2.45) is 0 Å². The van der Waals surface area contributed by atoms with Crippen molar-refractivity contribution in [1.82, 2.24) is 14.9 Å². The molecule has 3 aromatic rings. The average Bonchev–Trinajstić information content (AvgIpc) is 3.10. The molecule has 0 N–H and O–H groups in total. The summed E-state index contributed by atoms with van der Waals surface area (Å²) in [5, 5.41) is 7.98. The van der Waals surface area contributed by atoms with Gasteiger partial charge in [0, 0.05) is 18.5 Å². The van der Waals surface area contributed by atoms with E-state index in [1.165, 1.54) is 0 Å². The van der Waals surface area contributed by atoms with Crippen molar-refractivity contribution in [2.45, 2.75) is 13.2 Å². The predicted molar refractivity (Wildman–Crippen MR) is 68.6 cm³/mol. The van der Waals surface area contributed by atoms with Crippen LogP contribution in [0.3, 0.4) is 0 Å². The molecule has 5 nitrogen and oxygen atoms in total. The minimum atomic E-state index is 0.481. The van der Waals surface area contributed by atoms with E-state index in [0.29, 0.717) is 24.8 Å². The van der Waals surface area contributed by atoms with Crippen molar-refractivity contribution in [3.63, 3.8) is 0 Å². The second kappa shape index (κ2) is 5.39. The zero-order valence-corrected chi connectivity index (χ0v) is 10.3. The molecule has 0 saturated heterocycles. The topological polar surface area (TPSA) is 53.1 Å². The van der Waals surface area contributed by atoms with Crippen molar-refractivity contribution >= 4 is 0 Å². The summed E-state index contributed by atoms with van der Waals surface area (Å²) in [5.74, 6) is 1.21. The molecule has 0 radical (unpaired) electrons. The first kappa shape index (κ1) is 11.5. The van der Waals surface area contributed by atoms with E-state index in [1.54, 1.807) is 16.9 Å². The van der Waals surface area contributed by atoms with Gasteiger partial charge in [0.25, 0.3) is 5.88 Å². The lowest BCUT2D eigenvalue weighted by Crippen LogP contribution is -1.98. The highest BCUT2D eigenvalue weighted by molar-refractivity contribution is 5.16. The molecule has 0 fully saturated rings. The third-order valence-corrected chi connectivity index (χ3v) is 2.64. The molecule has 0 amide bonds. The van der Waals surface area contributed by atoms with Crippen molar-refractivity contribution in [3.05, 3.63) is 66.2 Å². The molecular formula is C14H13N3O2. The molecule has 0 aliphatic heterocycles. The van der Waals surface area contributed by atoms with Gasteiger partial charge >= 0.3 is 0 Å². The molecule has 0 atom stereocenters. The second-order valence-electron chi connectivity index (χ2n) is 4.11. The molecule has 3 rings (SSSR count). The Kier molecular flexibility index (Phi) is 3.27. The van der Waals surface area contributed by atoms with Gasteiger partial charge in [0.2, 0.25) is 0 Å². The first-order valence-corrected chi connectivity index (χ1v) is 6.00.